The first-order valence-corrected chi connectivity index (χ1v) is 9.02. The van der Waals surface area contributed by atoms with Crippen LogP contribution in [0.25, 0.3) is 0 Å². The fraction of sp³-hybridized carbons (Fsp3) is 0.267. The lowest BCUT2D eigenvalue weighted by atomic mass is 10.1. The largest absolute Gasteiger partial charge is 0.363 e. The van der Waals surface area contributed by atoms with Gasteiger partial charge in [0.15, 0.2) is 0 Å². The quantitative estimate of drug-likeness (QED) is 0.880. The molecule has 3 rings (SSSR count). The van der Waals surface area contributed by atoms with E-state index in [9.17, 15) is 13.2 Å². The van der Waals surface area contributed by atoms with Gasteiger partial charge in [-0.15, -0.1) is 0 Å². The smallest absolute Gasteiger partial charge is 0.286 e. The molecule has 2 aromatic rings. The third kappa shape index (κ3) is 3.00. The van der Waals surface area contributed by atoms with Gasteiger partial charge in [0.2, 0.25) is 15.8 Å². The zero-order valence-electron chi connectivity index (χ0n) is 12.9. The highest BCUT2D eigenvalue weighted by atomic mass is 35.5. The number of rotatable bonds is 3. The van der Waals surface area contributed by atoms with Crippen molar-refractivity contribution in [2.75, 3.05) is 6.54 Å². The van der Waals surface area contributed by atoms with Crippen molar-refractivity contribution in [1.29, 1.82) is 0 Å². The van der Waals surface area contributed by atoms with Crippen LogP contribution in [-0.2, 0) is 23.0 Å². The Morgan fingerprint density at radius 2 is 2.12 bits per heavy atom. The average molecular weight is 367 g/mol. The van der Waals surface area contributed by atoms with Gasteiger partial charge in [-0.3, -0.25) is 4.79 Å². The first-order chi connectivity index (χ1) is 11.3. The minimum atomic E-state index is -3.70. The van der Waals surface area contributed by atoms with Crippen LogP contribution in [0.3, 0.4) is 0 Å². The average Bonchev–Trinajstić information content (AvgIpc) is 2.56. The van der Waals surface area contributed by atoms with Gasteiger partial charge in [0.25, 0.3) is 5.91 Å². The molecule has 0 atom stereocenters. The highest BCUT2D eigenvalue weighted by Crippen LogP contribution is 2.26. The number of aromatic nitrogens is 2. The molecule has 0 saturated carbocycles. The van der Waals surface area contributed by atoms with Crippen molar-refractivity contribution in [3.63, 3.8) is 0 Å². The summed E-state index contributed by atoms with van der Waals surface area (Å²) in [6, 6.07) is 4.64. The molecule has 2 heterocycles. The normalized spacial score (nSPS) is 15.1. The van der Waals surface area contributed by atoms with Crippen molar-refractivity contribution >= 4 is 27.5 Å². The van der Waals surface area contributed by atoms with E-state index >= 15 is 0 Å². The number of primary amides is 1. The third-order valence-electron chi connectivity index (χ3n) is 3.91. The zero-order chi connectivity index (χ0) is 17.5. The van der Waals surface area contributed by atoms with Crippen molar-refractivity contribution < 1.29 is 13.2 Å². The fourth-order valence-corrected chi connectivity index (χ4v) is 4.16. The highest BCUT2D eigenvalue weighted by Gasteiger charge is 2.30. The second-order valence-electron chi connectivity index (χ2n) is 5.53. The molecule has 9 heteroatoms. The van der Waals surface area contributed by atoms with Crippen molar-refractivity contribution in [2.24, 2.45) is 5.73 Å². The maximum atomic E-state index is 12.8. The SMILES string of the molecule is Cc1ccc(S(=O)(=O)N2CCc3cnc(C(N)=O)nc3C2)cc1Cl. The van der Waals surface area contributed by atoms with Crippen molar-refractivity contribution in [3.05, 3.63) is 52.1 Å². The summed E-state index contributed by atoms with van der Waals surface area (Å²) in [6.45, 7) is 2.17. The molecule has 1 aromatic carbocycles. The Balaban J connectivity index is 1.95. The number of hydrogen-bond acceptors (Lipinski definition) is 5. The van der Waals surface area contributed by atoms with Crippen LogP contribution in [0.5, 0.6) is 0 Å². The van der Waals surface area contributed by atoms with E-state index < -0.39 is 15.9 Å². The van der Waals surface area contributed by atoms with Crippen LogP contribution in [0.1, 0.15) is 27.4 Å². The number of hydrogen-bond donors (Lipinski definition) is 1. The Kier molecular flexibility index (Phi) is 4.29. The summed E-state index contributed by atoms with van der Waals surface area (Å²) in [7, 11) is -3.70. The molecule has 2 N–H and O–H groups in total. The number of halogens is 1. The van der Waals surface area contributed by atoms with Gasteiger partial charge in [-0.05, 0) is 36.6 Å². The molecule has 1 amide bonds. The van der Waals surface area contributed by atoms with Gasteiger partial charge in [0.1, 0.15) is 0 Å². The molecule has 0 radical (unpaired) electrons. The summed E-state index contributed by atoms with van der Waals surface area (Å²) in [5, 5.41) is 0.395. The summed E-state index contributed by atoms with van der Waals surface area (Å²) < 4.78 is 26.9. The van der Waals surface area contributed by atoms with Crippen LogP contribution in [-0.4, -0.2) is 35.1 Å². The molecule has 0 bridgehead atoms. The molecular formula is C15H15ClN4O3S. The molecule has 1 aliphatic heterocycles. The molecule has 1 aromatic heterocycles. The first kappa shape index (κ1) is 16.8. The number of aryl methyl sites for hydroxylation is 1. The number of nitrogens with zero attached hydrogens (tertiary/aromatic N) is 3. The lowest BCUT2D eigenvalue weighted by Gasteiger charge is -2.27. The molecule has 0 aliphatic carbocycles. The van der Waals surface area contributed by atoms with Crippen LogP contribution >= 0.6 is 11.6 Å². The number of fused-ring (bicyclic) bond motifs is 1. The number of nitrogens with two attached hydrogens (primary N) is 1. The number of sulfonamides is 1. The summed E-state index contributed by atoms with van der Waals surface area (Å²) >= 11 is 6.04. The van der Waals surface area contributed by atoms with Crippen molar-refractivity contribution in [3.8, 4) is 0 Å². The highest BCUT2D eigenvalue weighted by molar-refractivity contribution is 7.89. The van der Waals surface area contributed by atoms with E-state index in [2.05, 4.69) is 9.97 Å². The fourth-order valence-electron chi connectivity index (χ4n) is 2.49. The lowest BCUT2D eigenvalue weighted by molar-refractivity contribution is 0.0990. The Labute approximate surface area is 144 Å². The Morgan fingerprint density at radius 3 is 2.79 bits per heavy atom. The summed E-state index contributed by atoms with van der Waals surface area (Å²) in [5.41, 5.74) is 7.29. The molecule has 0 spiro atoms. The van der Waals surface area contributed by atoms with Crippen LogP contribution in [0, 0.1) is 6.92 Å². The molecule has 0 fully saturated rings. The van der Waals surface area contributed by atoms with Gasteiger partial charge >= 0.3 is 0 Å². The first-order valence-electron chi connectivity index (χ1n) is 7.20. The van der Waals surface area contributed by atoms with Gasteiger partial charge < -0.3 is 5.73 Å². The van der Waals surface area contributed by atoms with Gasteiger partial charge in [0, 0.05) is 17.8 Å². The Bertz CT molecular complexity index is 930. The number of carbonyl (C=O) groups is 1. The maximum Gasteiger partial charge on any atom is 0.286 e. The summed E-state index contributed by atoms with van der Waals surface area (Å²) in [5.74, 6) is -0.866. The molecule has 126 valence electrons. The Morgan fingerprint density at radius 1 is 1.38 bits per heavy atom. The monoisotopic (exact) mass is 366 g/mol. The van der Waals surface area contributed by atoms with E-state index in [4.69, 9.17) is 17.3 Å². The molecule has 1 aliphatic rings. The third-order valence-corrected chi connectivity index (χ3v) is 6.16. The second kappa shape index (κ2) is 6.12. The van der Waals surface area contributed by atoms with Crippen LogP contribution in [0.4, 0.5) is 0 Å². The minimum Gasteiger partial charge on any atom is -0.363 e. The number of amides is 1. The number of carbonyl (C=O) groups excluding carboxylic acids is 1. The standard InChI is InChI=1S/C15H15ClN4O3S/c1-9-2-3-11(6-12(9)16)24(22,23)20-5-4-10-7-18-15(14(17)21)19-13(10)8-20/h2-3,6-7H,4-5,8H2,1H3,(H2,17,21). The maximum absolute atomic E-state index is 12.8. The molecular weight excluding hydrogens is 352 g/mol. The van der Waals surface area contributed by atoms with Crippen LogP contribution < -0.4 is 5.73 Å². The second-order valence-corrected chi connectivity index (χ2v) is 7.87. The van der Waals surface area contributed by atoms with E-state index in [1.807, 2.05) is 0 Å². The van der Waals surface area contributed by atoms with Crippen molar-refractivity contribution in [1.82, 2.24) is 14.3 Å². The summed E-state index contributed by atoms with van der Waals surface area (Å²) in [6.07, 6.45) is 1.99. The predicted octanol–water partition coefficient (Wildman–Crippen LogP) is 1.28. The van der Waals surface area contributed by atoms with Gasteiger partial charge in [-0.25, -0.2) is 18.4 Å². The van der Waals surface area contributed by atoms with Gasteiger partial charge in [-0.1, -0.05) is 17.7 Å². The van der Waals surface area contributed by atoms with Gasteiger partial charge in [0.05, 0.1) is 17.1 Å². The van der Waals surface area contributed by atoms with E-state index in [-0.39, 0.29) is 17.3 Å². The van der Waals surface area contributed by atoms with E-state index in [0.29, 0.717) is 23.7 Å². The van der Waals surface area contributed by atoms with Crippen LogP contribution in [0.15, 0.2) is 29.3 Å². The Hall–Kier alpha value is -2.03. The topological polar surface area (TPSA) is 106 Å². The van der Waals surface area contributed by atoms with Crippen LogP contribution in [0.2, 0.25) is 5.02 Å². The van der Waals surface area contributed by atoms with Crippen molar-refractivity contribution in [2.45, 2.75) is 24.8 Å². The molecule has 0 saturated heterocycles. The minimum absolute atomic E-state index is 0.0615. The number of benzene rings is 1. The van der Waals surface area contributed by atoms with E-state index in [1.165, 1.54) is 22.6 Å². The lowest BCUT2D eigenvalue weighted by Crippen LogP contribution is -2.37. The van der Waals surface area contributed by atoms with E-state index in [0.717, 1.165) is 11.1 Å². The predicted molar refractivity (Wildman–Crippen MR) is 88.0 cm³/mol. The molecule has 24 heavy (non-hydrogen) atoms. The zero-order valence-corrected chi connectivity index (χ0v) is 14.4. The summed E-state index contributed by atoms with van der Waals surface area (Å²) in [4.78, 5) is 19.3. The molecule has 7 nitrogen and oxygen atoms in total. The van der Waals surface area contributed by atoms with E-state index in [1.54, 1.807) is 13.0 Å². The van der Waals surface area contributed by atoms with Gasteiger partial charge in [-0.2, -0.15) is 4.31 Å². The molecule has 0 unspecified atom stereocenters.